The fraction of sp³-hybridized carbons (Fsp3) is 0.366. The zero-order chi connectivity index (χ0) is 92.1. The third-order valence-corrected chi connectivity index (χ3v) is 27.2. The normalized spacial score (nSPS) is 15.4. The largest absolute Gasteiger partial charge is 0.493 e. The van der Waals surface area contributed by atoms with Crippen LogP contribution in [0.1, 0.15) is 180 Å². The highest BCUT2D eigenvalue weighted by Crippen LogP contribution is 2.47. The molecule has 14 rings (SSSR count). The molecule has 0 unspecified atom stereocenters. The molecule has 5 aliphatic heterocycles. The van der Waals surface area contributed by atoms with Crippen molar-refractivity contribution in [2.75, 3.05) is 131 Å². The summed E-state index contributed by atoms with van der Waals surface area (Å²) in [6.07, 6.45) is 6.46. The van der Waals surface area contributed by atoms with Gasteiger partial charge in [0.25, 0.3) is 47.3 Å². The van der Waals surface area contributed by atoms with Gasteiger partial charge in [0.05, 0.1) is 140 Å². The van der Waals surface area contributed by atoms with E-state index in [9.17, 15) is 91.2 Å². The predicted octanol–water partition coefficient (Wildman–Crippen LogP) is 9.53. The van der Waals surface area contributed by atoms with Crippen LogP contribution < -0.4 is 54.4 Å². The molecule has 672 valence electrons. The Hall–Kier alpha value is -11.5. The molecule has 9 heterocycles. The Bertz CT molecular complexity index is 6210. The molecular formula is C82H88N8O28S8. The molecule has 1 fully saturated rings. The van der Waals surface area contributed by atoms with Gasteiger partial charge in [-0.05, 0) is 110 Å². The fourth-order valence-corrected chi connectivity index (χ4v) is 21.7. The van der Waals surface area contributed by atoms with Crippen LogP contribution in [-0.2, 0) is 69.7 Å². The molecule has 4 N–H and O–H groups in total. The van der Waals surface area contributed by atoms with Gasteiger partial charge in [0.1, 0.15) is 71.3 Å². The summed E-state index contributed by atoms with van der Waals surface area (Å²) in [4.78, 5) is 157. The van der Waals surface area contributed by atoms with E-state index < -0.39 is 140 Å². The van der Waals surface area contributed by atoms with Crippen molar-refractivity contribution in [3.8, 4) is 40.2 Å². The molecule has 44 heteroatoms. The second kappa shape index (κ2) is 39.2. The molecule has 12 amide bonds. The molecule has 6 aliphatic rings. The molecule has 0 bridgehead atoms. The lowest BCUT2D eigenvalue weighted by atomic mass is 10.0. The highest BCUT2D eigenvalue weighted by Gasteiger charge is 2.50. The first-order valence-corrected chi connectivity index (χ1v) is 50.2. The molecule has 8 aromatic rings. The zero-order valence-electron chi connectivity index (χ0n) is 70.1. The number of imide groups is 4. The van der Waals surface area contributed by atoms with E-state index in [1.54, 1.807) is 98.9 Å². The van der Waals surface area contributed by atoms with Crippen molar-refractivity contribution in [3.63, 3.8) is 0 Å². The lowest BCUT2D eigenvalue weighted by Crippen LogP contribution is -2.38. The number of methoxy groups -OCH3 is 4. The number of nitrogens with one attached hydrogen (secondary N) is 4. The Morgan fingerprint density at radius 1 is 0.429 bits per heavy atom. The van der Waals surface area contributed by atoms with Crippen LogP contribution in [0.3, 0.4) is 0 Å². The second-order valence-electron chi connectivity index (χ2n) is 29.4. The van der Waals surface area contributed by atoms with E-state index in [0.717, 1.165) is 114 Å². The lowest BCUT2D eigenvalue weighted by Gasteiger charge is -2.27. The van der Waals surface area contributed by atoms with Crippen molar-refractivity contribution in [1.29, 1.82) is 0 Å². The number of amides is 12. The molecule has 0 saturated heterocycles. The zero-order valence-corrected chi connectivity index (χ0v) is 76.6. The molecule has 1 aliphatic carbocycles. The third-order valence-electron chi connectivity index (χ3n) is 19.7. The number of carbonyl (C=O) groups excluding carboxylic acids is 12. The number of ether oxygens (including phenoxy) is 8. The van der Waals surface area contributed by atoms with Gasteiger partial charge >= 0.3 is 0 Å². The second-order valence-corrected chi connectivity index (χ2v) is 41.6. The highest BCUT2D eigenvalue weighted by atomic mass is 32.2. The van der Waals surface area contributed by atoms with Crippen LogP contribution >= 0.6 is 45.3 Å². The minimum Gasteiger partial charge on any atom is -0.493 e. The topological polar surface area (TPSA) is 476 Å². The summed E-state index contributed by atoms with van der Waals surface area (Å²) >= 11 is 4.17. The number of carbonyl (C=O) groups is 12. The molecule has 4 atom stereocenters. The van der Waals surface area contributed by atoms with Gasteiger partial charge in [0, 0.05) is 79.8 Å². The number of anilines is 4. The van der Waals surface area contributed by atoms with Crippen LogP contribution in [0, 0.1) is 5.92 Å². The van der Waals surface area contributed by atoms with E-state index >= 15 is 0 Å². The van der Waals surface area contributed by atoms with Gasteiger partial charge in [-0.3, -0.25) is 77.1 Å². The van der Waals surface area contributed by atoms with Crippen LogP contribution in [0.4, 0.5) is 22.1 Å². The molecule has 126 heavy (non-hydrogen) atoms. The SMILES string of the molecule is CC(=O)Nc1scc2c1C(=O)N([C@H](CS(C)(=O)=O)c1ccc3c(c1)CCO3)C2=O.CCOc1cc([C@@H](CS(C)(=O)=O)N2C(=O)c3scc(NC(=O)C4CC4)c3C2=O)ccc1OC.CCOc1cc([C@@H](CS(C)(=O)=O)N2C(=O)c3scc(NC(=O)COC)c3C2=O)ccc1OC.CCOc1cc([C@@H](CS(C)(=O)=O)N2C(=O)c3scc(NC(C)=O)c3C2=O)ccc1OC. The first-order chi connectivity index (χ1) is 59.5. The Labute approximate surface area is 740 Å². The first-order valence-electron chi connectivity index (χ1n) is 38.5. The quantitative estimate of drug-likeness (QED) is 0.0285. The molecular weight excluding hydrogens is 1800 g/mol. The molecule has 1 saturated carbocycles. The van der Waals surface area contributed by atoms with Gasteiger partial charge in [-0.2, -0.15) is 0 Å². The van der Waals surface area contributed by atoms with Gasteiger partial charge in [-0.25, -0.2) is 33.7 Å². The number of hydrogen-bond donors (Lipinski definition) is 4. The molecule has 0 spiro atoms. The summed E-state index contributed by atoms with van der Waals surface area (Å²) in [5, 5.41) is 16.8. The van der Waals surface area contributed by atoms with Crippen molar-refractivity contribution in [2.45, 2.75) is 78.0 Å². The minimum atomic E-state index is -3.60. The lowest BCUT2D eigenvalue weighted by molar-refractivity contribution is -0.120. The fourth-order valence-electron chi connectivity index (χ4n) is 14.3. The summed E-state index contributed by atoms with van der Waals surface area (Å²) < 4.78 is 140. The van der Waals surface area contributed by atoms with Crippen LogP contribution in [-0.4, -0.2) is 234 Å². The van der Waals surface area contributed by atoms with E-state index in [1.807, 2.05) is 0 Å². The number of nitrogens with zero attached hydrogens (tertiary/aromatic N) is 4. The van der Waals surface area contributed by atoms with Crippen molar-refractivity contribution in [2.24, 2.45) is 5.92 Å². The summed E-state index contributed by atoms with van der Waals surface area (Å²) in [6, 6.07) is 15.3. The number of benzene rings is 4. The third kappa shape index (κ3) is 21.4. The van der Waals surface area contributed by atoms with Crippen molar-refractivity contribution in [1.82, 2.24) is 19.6 Å². The van der Waals surface area contributed by atoms with Crippen LogP contribution in [0.25, 0.3) is 0 Å². The van der Waals surface area contributed by atoms with Crippen LogP contribution in [0.2, 0.25) is 0 Å². The molecule has 36 nitrogen and oxygen atoms in total. The Morgan fingerprint density at radius 3 is 1.13 bits per heavy atom. The van der Waals surface area contributed by atoms with Gasteiger partial charge in [-0.15, -0.1) is 45.3 Å². The minimum absolute atomic E-state index is 0.0338. The molecule has 4 aromatic heterocycles. The van der Waals surface area contributed by atoms with E-state index in [-0.39, 0.29) is 94.8 Å². The number of fused-ring (bicyclic) bond motifs is 5. The van der Waals surface area contributed by atoms with Crippen LogP contribution in [0.5, 0.6) is 40.2 Å². The average Bonchev–Trinajstić information content (AvgIpc) is 1.61. The smallest absolute Gasteiger partial charge is 0.272 e. The summed E-state index contributed by atoms with van der Waals surface area (Å²) in [5.41, 5.74) is 3.89. The standard InChI is InChI=1S/C22H24N2O7S2.C21H24N2O8S2.C20H22N2O7S2.C19H18N2O6S2/c1-4-31-17-9-13(7-8-16(17)30-2)15(11-33(3,28)29)24-21(26)18-14(10-32-19(18)22(24)27)23-20(25)12-5-6-12;1-5-31-16-8-12(6-7-15(16)30-3)14(11-33(4,27)28)23-20(25)18-13(22-17(24)9-29-2)10-32-19(18)21(23)26;1-5-29-16-8-12(6-7-15(16)28-3)14(10-31(4,26)27)22-19(24)17-13(21-11(2)23)9-30-18(17)20(22)25;1-10(22)20-17-16-13(8-28-17)18(23)21(19(16)24)14(9-29(2,25)26)11-3-4-15-12(7-11)5-6-27-15/h7-10,12,15H,4-6,11H2,1-3H3,(H,23,25);6-8,10,14H,5,9,11H2,1-4H3,(H,22,24);6-9,14H,5,10H2,1-4H3,(H,21,23);3-4,7-8,14H,5-6,9H2,1-2H3,(H,20,22)/t15-;3*14-/m1111/s1. The molecule has 0 radical (unpaired) electrons. The van der Waals surface area contributed by atoms with E-state index in [1.165, 1.54) is 58.4 Å². The summed E-state index contributed by atoms with van der Waals surface area (Å²) in [5.74, 6) is -5.13. The number of hydrogen-bond acceptors (Lipinski definition) is 32. The van der Waals surface area contributed by atoms with Crippen molar-refractivity contribution >= 4 is 178 Å². The number of thiophene rings is 4. The van der Waals surface area contributed by atoms with Crippen molar-refractivity contribution in [3.05, 3.63) is 165 Å². The van der Waals surface area contributed by atoms with E-state index in [4.69, 9.17) is 37.9 Å². The van der Waals surface area contributed by atoms with Crippen molar-refractivity contribution < 1.29 is 129 Å². The first kappa shape index (κ1) is 95.1. The predicted molar refractivity (Wildman–Crippen MR) is 468 cm³/mol. The highest BCUT2D eigenvalue weighted by molar-refractivity contribution is 7.91. The number of sulfone groups is 4. The monoisotopic (exact) mass is 1890 g/mol. The summed E-state index contributed by atoms with van der Waals surface area (Å²) in [7, 11) is -8.50. The van der Waals surface area contributed by atoms with Gasteiger partial charge in [-0.1, -0.05) is 24.3 Å². The maximum absolute atomic E-state index is 13.4. The maximum Gasteiger partial charge on any atom is 0.272 e. The maximum atomic E-state index is 13.4. The Kier molecular flexibility index (Phi) is 29.6. The Morgan fingerprint density at radius 2 is 0.778 bits per heavy atom. The van der Waals surface area contributed by atoms with Crippen LogP contribution in [0.15, 0.2) is 94.3 Å². The number of rotatable bonds is 32. The van der Waals surface area contributed by atoms with Gasteiger partial charge < -0.3 is 59.2 Å². The average molecular weight is 1890 g/mol. The van der Waals surface area contributed by atoms with Gasteiger partial charge in [0.2, 0.25) is 23.6 Å². The van der Waals surface area contributed by atoms with E-state index in [0.29, 0.717) is 89.6 Å². The molecule has 4 aromatic carbocycles. The van der Waals surface area contributed by atoms with Gasteiger partial charge in [0.15, 0.2) is 34.5 Å². The van der Waals surface area contributed by atoms with E-state index in [2.05, 4.69) is 21.3 Å². The Balaban J connectivity index is 0.000000163. The summed E-state index contributed by atoms with van der Waals surface area (Å²) in [6.45, 7) is 9.30.